The molecule has 0 aliphatic carbocycles. The molecule has 3 rings (SSSR count). The monoisotopic (exact) mass is 391 g/mol. The van der Waals surface area contributed by atoms with Crippen LogP contribution >= 0.6 is 0 Å². The van der Waals surface area contributed by atoms with Gasteiger partial charge in [0.15, 0.2) is 0 Å². The van der Waals surface area contributed by atoms with Crippen LogP contribution in [-0.2, 0) is 14.8 Å². The SMILES string of the molecule is COc1cccc2c1c(S(=O)(=O)N1CC(C#N)C1)cn2C(=O)OC(C)(C)C. The van der Waals surface area contributed by atoms with Crippen molar-refractivity contribution in [3.05, 3.63) is 24.4 Å². The van der Waals surface area contributed by atoms with Crippen LogP contribution in [0.2, 0.25) is 0 Å². The van der Waals surface area contributed by atoms with Crippen molar-refractivity contribution in [1.82, 2.24) is 8.87 Å². The number of carbonyl (C=O) groups is 1. The smallest absolute Gasteiger partial charge is 0.419 e. The summed E-state index contributed by atoms with van der Waals surface area (Å²) in [6.07, 6.45) is 0.580. The normalized spacial score (nSPS) is 16.0. The summed E-state index contributed by atoms with van der Waals surface area (Å²) in [5.74, 6) is 0.0200. The van der Waals surface area contributed by atoms with Crippen LogP contribution in [0.5, 0.6) is 5.75 Å². The van der Waals surface area contributed by atoms with E-state index in [4.69, 9.17) is 14.7 Å². The van der Waals surface area contributed by atoms with Crippen molar-refractivity contribution in [2.45, 2.75) is 31.3 Å². The maximum atomic E-state index is 13.1. The number of nitrogens with zero attached hydrogens (tertiary/aromatic N) is 3. The largest absolute Gasteiger partial charge is 0.496 e. The maximum absolute atomic E-state index is 13.1. The highest BCUT2D eigenvalue weighted by molar-refractivity contribution is 7.89. The number of hydrogen-bond acceptors (Lipinski definition) is 6. The average Bonchev–Trinajstić information content (AvgIpc) is 2.92. The number of ether oxygens (including phenoxy) is 2. The zero-order valence-electron chi connectivity index (χ0n) is 15.6. The summed E-state index contributed by atoms with van der Waals surface area (Å²) in [7, 11) is -2.45. The molecule has 144 valence electrons. The van der Waals surface area contributed by atoms with Gasteiger partial charge < -0.3 is 9.47 Å². The third-order valence-corrected chi connectivity index (χ3v) is 6.06. The number of benzene rings is 1. The van der Waals surface area contributed by atoms with Gasteiger partial charge in [0.05, 0.1) is 30.0 Å². The molecular formula is C18H21N3O5S. The molecule has 2 heterocycles. The Morgan fingerprint density at radius 3 is 2.52 bits per heavy atom. The molecule has 0 unspecified atom stereocenters. The standard InChI is InChI=1S/C18H21N3O5S/c1-18(2,3)26-17(22)21-11-15(16-13(21)6-5-7-14(16)25-4)27(23,24)20-9-12(8-19)10-20/h5-7,11-12H,9-10H2,1-4H3. The average molecular weight is 391 g/mol. The predicted octanol–water partition coefficient (Wildman–Crippen LogP) is 2.58. The van der Waals surface area contributed by atoms with Gasteiger partial charge in [-0.05, 0) is 32.9 Å². The fraction of sp³-hybridized carbons (Fsp3) is 0.444. The minimum atomic E-state index is -3.89. The zero-order chi connectivity index (χ0) is 20.0. The second-order valence-corrected chi connectivity index (χ2v) is 9.25. The molecule has 0 bridgehead atoms. The molecular weight excluding hydrogens is 370 g/mol. The van der Waals surface area contributed by atoms with Crippen LogP contribution in [0.3, 0.4) is 0 Å². The van der Waals surface area contributed by atoms with Crippen molar-refractivity contribution in [3.63, 3.8) is 0 Å². The van der Waals surface area contributed by atoms with Crippen molar-refractivity contribution < 1.29 is 22.7 Å². The maximum Gasteiger partial charge on any atom is 0.419 e. The van der Waals surface area contributed by atoms with Crippen molar-refractivity contribution in [2.75, 3.05) is 20.2 Å². The van der Waals surface area contributed by atoms with Gasteiger partial charge in [0.25, 0.3) is 0 Å². The Morgan fingerprint density at radius 2 is 1.96 bits per heavy atom. The first-order chi connectivity index (χ1) is 12.6. The number of sulfonamides is 1. The van der Waals surface area contributed by atoms with Crippen LogP contribution in [0.25, 0.3) is 10.9 Å². The fourth-order valence-electron chi connectivity index (χ4n) is 2.90. The Morgan fingerprint density at radius 1 is 1.30 bits per heavy atom. The van der Waals surface area contributed by atoms with E-state index in [9.17, 15) is 13.2 Å². The molecule has 0 amide bonds. The zero-order valence-corrected chi connectivity index (χ0v) is 16.4. The van der Waals surface area contributed by atoms with Crippen LogP contribution in [-0.4, -0.2) is 49.2 Å². The molecule has 8 nitrogen and oxygen atoms in total. The van der Waals surface area contributed by atoms with E-state index in [0.717, 1.165) is 0 Å². The second-order valence-electron chi connectivity index (χ2n) is 7.35. The van der Waals surface area contributed by atoms with Gasteiger partial charge in [-0.3, -0.25) is 4.57 Å². The third kappa shape index (κ3) is 3.38. The molecule has 1 aromatic heterocycles. The van der Waals surface area contributed by atoms with Crippen LogP contribution < -0.4 is 4.74 Å². The first-order valence-corrected chi connectivity index (χ1v) is 9.83. The Balaban J connectivity index is 2.16. The first-order valence-electron chi connectivity index (χ1n) is 8.39. The molecule has 1 aliphatic heterocycles. The minimum Gasteiger partial charge on any atom is -0.496 e. The van der Waals surface area contributed by atoms with Crippen LogP contribution in [0.15, 0.2) is 29.3 Å². The van der Waals surface area contributed by atoms with Crippen LogP contribution in [0.4, 0.5) is 4.79 Å². The van der Waals surface area contributed by atoms with Crippen molar-refractivity contribution in [2.24, 2.45) is 5.92 Å². The molecule has 1 aliphatic rings. The molecule has 2 aromatic rings. The van der Waals surface area contributed by atoms with Crippen LogP contribution in [0, 0.1) is 17.2 Å². The van der Waals surface area contributed by atoms with Gasteiger partial charge in [0.2, 0.25) is 10.0 Å². The van der Waals surface area contributed by atoms with Crippen molar-refractivity contribution >= 4 is 27.0 Å². The number of rotatable bonds is 3. The first kappa shape index (κ1) is 19.2. The topological polar surface area (TPSA) is 102 Å². The van der Waals surface area contributed by atoms with Gasteiger partial charge >= 0.3 is 6.09 Å². The summed E-state index contributed by atoms with van der Waals surface area (Å²) in [5.41, 5.74) is -0.358. The highest BCUT2D eigenvalue weighted by Crippen LogP contribution is 2.37. The summed E-state index contributed by atoms with van der Waals surface area (Å²) in [6.45, 7) is 5.46. The summed E-state index contributed by atoms with van der Waals surface area (Å²) in [6, 6.07) is 7.00. The van der Waals surface area contributed by atoms with E-state index in [-0.39, 0.29) is 23.9 Å². The predicted molar refractivity (Wildman–Crippen MR) is 98.0 cm³/mol. The number of aromatic nitrogens is 1. The molecule has 9 heteroatoms. The number of carbonyl (C=O) groups excluding carboxylic acids is 1. The van der Waals surface area contributed by atoms with E-state index in [2.05, 4.69) is 6.07 Å². The molecule has 27 heavy (non-hydrogen) atoms. The van der Waals surface area contributed by atoms with E-state index >= 15 is 0 Å². The Bertz CT molecular complexity index is 1040. The van der Waals surface area contributed by atoms with Crippen LogP contribution in [0.1, 0.15) is 20.8 Å². The molecule has 1 aromatic carbocycles. The van der Waals surface area contributed by atoms with Gasteiger partial charge in [0, 0.05) is 19.3 Å². The molecule has 1 fully saturated rings. The Labute approximate surface area is 157 Å². The van der Waals surface area contributed by atoms with Crippen molar-refractivity contribution in [1.29, 1.82) is 5.26 Å². The number of methoxy groups -OCH3 is 1. The number of nitriles is 1. The van der Waals surface area contributed by atoms with E-state index in [1.165, 1.54) is 22.2 Å². The minimum absolute atomic E-state index is 0.0443. The highest BCUT2D eigenvalue weighted by atomic mass is 32.2. The summed E-state index contributed by atoms with van der Waals surface area (Å²) in [5, 5.41) is 9.23. The molecule has 1 saturated heterocycles. The molecule has 0 N–H and O–H groups in total. The Kier molecular flexibility index (Phi) is 4.66. The van der Waals surface area contributed by atoms with E-state index < -0.39 is 21.7 Å². The molecule has 0 atom stereocenters. The summed E-state index contributed by atoms with van der Waals surface area (Å²) in [4.78, 5) is 12.6. The lowest BCUT2D eigenvalue weighted by Crippen LogP contribution is -2.49. The van der Waals surface area contributed by atoms with E-state index in [0.29, 0.717) is 16.7 Å². The summed E-state index contributed by atoms with van der Waals surface area (Å²) < 4.78 is 39.3. The lowest BCUT2D eigenvalue weighted by Gasteiger charge is -2.33. The molecule has 0 radical (unpaired) electrons. The molecule has 0 saturated carbocycles. The number of fused-ring (bicyclic) bond motifs is 1. The van der Waals surface area contributed by atoms with Crippen molar-refractivity contribution in [3.8, 4) is 11.8 Å². The van der Waals surface area contributed by atoms with E-state index in [1.54, 1.807) is 39.0 Å². The lowest BCUT2D eigenvalue weighted by atomic mass is 10.1. The summed E-state index contributed by atoms with van der Waals surface area (Å²) >= 11 is 0. The fourth-order valence-corrected chi connectivity index (χ4v) is 4.63. The van der Waals surface area contributed by atoms with Gasteiger partial charge in [-0.2, -0.15) is 9.57 Å². The van der Waals surface area contributed by atoms with E-state index in [1.807, 2.05) is 0 Å². The van der Waals surface area contributed by atoms with Gasteiger partial charge in [-0.15, -0.1) is 0 Å². The third-order valence-electron chi connectivity index (χ3n) is 4.22. The quantitative estimate of drug-likeness (QED) is 0.797. The second kappa shape index (κ2) is 6.55. The van der Waals surface area contributed by atoms with Gasteiger partial charge in [0.1, 0.15) is 16.2 Å². The number of hydrogen-bond donors (Lipinski definition) is 0. The Hall–Kier alpha value is -2.57. The highest BCUT2D eigenvalue weighted by Gasteiger charge is 2.39. The van der Waals surface area contributed by atoms with Gasteiger partial charge in [-0.25, -0.2) is 13.2 Å². The molecule has 0 spiro atoms. The lowest BCUT2D eigenvalue weighted by molar-refractivity contribution is 0.0544. The van der Waals surface area contributed by atoms with Gasteiger partial charge in [-0.1, -0.05) is 6.07 Å².